The molecule has 3 rings (SSSR count). The number of rotatable bonds is 5. The topological polar surface area (TPSA) is 74.5 Å². The summed E-state index contributed by atoms with van der Waals surface area (Å²) >= 11 is 1.50. The van der Waals surface area contributed by atoms with Crippen LogP contribution in [-0.4, -0.2) is 23.3 Å². The van der Waals surface area contributed by atoms with Crippen molar-refractivity contribution in [2.75, 3.05) is 7.11 Å². The van der Waals surface area contributed by atoms with Gasteiger partial charge in [-0.3, -0.25) is 0 Å². The monoisotopic (exact) mass is 330 g/mol. The standard InChI is InChI=1S/C16H14N2O4S/c1-10(14-17-18-15(22-14)13-4-3-9-23-13)21-16(19)11-5-7-12(20-2)8-6-11/h3-10H,1-2H3/t10-/m0/s1. The maximum Gasteiger partial charge on any atom is 0.338 e. The van der Waals surface area contributed by atoms with Crippen LogP contribution in [0.15, 0.2) is 46.2 Å². The van der Waals surface area contributed by atoms with Gasteiger partial charge >= 0.3 is 5.97 Å². The maximum atomic E-state index is 12.1. The highest BCUT2D eigenvalue weighted by Gasteiger charge is 2.20. The molecule has 1 atom stereocenters. The Morgan fingerprint density at radius 2 is 2.00 bits per heavy atom. The van der Waals surface area contributed by atoms with Gasteiger partial charge in [-0.2, -0.15) is 0 Å². The Kier molecular flexibility index (Phi) is 4.38. The Balaban J connectivity index is 1.68. The first-order valence-corrected chi connectivity index (χ1v) is 7.77. The first-order valence-electron chi connectivity index (χ1n) is 6.89. The van der Waals surface area contributed by atoms with Gasteiger partial charge in [0.2, 0.25) is 0 Å². The molecule has 23 heavy (non-hydrogen) atoms. The number of benzene rings is 1. The highest BCUT2D eigenvalue weighted by Crippen LogP contribution is 2.26. The summed E-state index contributed by atoms with van der Waals surface area (Å²) in [5.74, 6) is 0.890. The number of carbonyl (C=O) groups excluding carboxylic acids is 1. The molecule has 0 aliphatic carbocycles. The normalized spacial score (nSPS) is 11.9. The van der Waals surface area contributed by atoms with Gasteiger partial charge < -0.3 is 13.9 Å². The van der Waals surface area contributed by atoms with Crippen LogP contribution in [-0.2, 0) is 4.74 Å². The third-order valence-corrected chi connectivity index (χ3v) is 3.99. The summed E-state index contributed by atoms with van der Waals surface area (Å²) in [4.78, 5) is 13.0. The number of aromatic nitrogens is 2. The second-order valence-electron chi connectivity index (χ2n) is 4.70. The van der Waals surface area contributed by atoms with Crippen LogP contribution in [0.5, 0.6) is 5.75 Å². The minimum absolute atomic E-state index is 0.260. The molecule has 3 aromatic rings. The summed E-state index contributed by atoms with van der Waals surface area (Å²) < 4.78 is 16.0. The van der Waals surface area contributed by atoms with E-state index < -0.39 is 12.1 Å². The number of thiophene rings is 1. The molecule has 0 saturated heterocycles. The summed E-state index contributed by atoms with van der Waals surface area (Å²) in [6.45, 7) is 1.69. The molecular formula is C16H14N2O4S. The predicted octanol–water partition coefficient (Wildman–Crippen LogP) is 3.72. The fourth-order valence-corrected chi connectivity index (χ4v) is 2.55. The Bertz CT molecular complexity index is 781. The van der Waals surface area contributed by atoms with Gasteiger partial charge in [0.05, 0.1) is 17.6 Å². The molecule has 0 aliphatic heterocycles. The van der Waals surface area contributed by atoms with Gasteiger partial charge in [-0.15, -0.1) is 21.5 Å². The van der Waals surface area contributed by atoms with Crippen molar-refractivity contribution in [2.45, 2.75) is 13.0 Å². The van der Waals surface area contributed by atoms with Gasteiger partial charge in [0.25, 0.3) is 11.8 Å². The Hall–Kier alpha value is -2.67. The maximum absolute atomic E-state index is 12.1. The fraction of sp³-hybridized carbons (Fsp3) is 0.188. The molecule has 0 fully saturated rings. The molecule has 0 radical (unpaired) electrons. The van der Waals surface area contributed by atoms with Gasteiger partial charge in [-0.1, -0.05) is 6.07 Å². The van der Waals surface area contributed by atoms with E-state index in [0.717, 1.165) is 4.88 Å². The van der Waals surface area contributed by atoms with Crippen LogP contribution < -0.4 is 4.74 Å². The average molecular weight is 330 g/mol. The first-order chi connectivity index (χ1) is 11.2. The Morgan fingerprint density at radius 3 is 2.65 bits per heavy atom. The molecule has 0 unspecified atom stereocenters. The smallest absolute Gasteiger partial charge is 0.338 e. The molecule has 0 aliphatic rings. The number of methoxy groups -OCH3 is 1. The molecule has 2 aromatic heterocycles. The second-order valence-corrected chi connectivity index (χ2v) is 5.65. The predicted molar refractivity (Wildman–Crippen MR) is 84.4 cm³/mol. The van der Waals surface area contributed by atoms with Crippen LogP contribution >= 0.6 is 11.3 Å². The van der Waals surface area contributed by atoms with Crippen molar-refractivity contribution in [1.82, 2.24) is 10.2 Å². The van der Waals surface area contributed by atoms with Gasteiger partial charge in [-0.25, -0.2) is 4.79 Å². The Labute approximate surface area is 136 Å². The summed E-state index contributed by atoms with van der Waals surface area (Å²) in [5.41, 5.74) is 0.427. The van der Waals surface area contributed by atoms with Crippen molar-refractivity contribution in [2.24, 2.45) is 0 Å². The lowest BCUT2D eigenvalue weighted by molar-refractivity contribution is 0.0280. The van der Waals surface area contributed by atoms with Crippen LogP contribution in [0.3, 0.4) is 0 Å². The molecular weight excluding hydrogens is 316 g/mol. The molecule has 0 N–H and O–H groups in total. The quantitative estimate of drug-likeness (QED) is 0.664. The number of hydrogen-bond donors (Lipinski definition) is 0. The van der Waals surface area contributed by atoms with E-state index in [-0.39, 0.29) is 5.89 Å². The summed E-state index contributed by atoms with van der Waals surface area (Å²) in [7, 11) is 1.57. The third kappa shape index (κ3) is 3.40. The largest absolute Gasteiger partial charge is 0.497 e. The second kappa shape index (κ2) is 6.62. The third-order valence-electron chi connectivity index (χ3n) is 3.13. The van der Waals surface area contributed by atoms with Crippen molar-refractivity contribution in [3.8, 4) is 16.5 Å². The fourth-order valence-electron chi connectivity index (χ4n) is 1.90. The van der Waals surface area contributed by atoms with Crippen LogP contribution in [0, 0.1) is 0 Å². The van der Waals surface area contributed by atoms with Crippen molar-refractivity contribution >= 4 is 17.3 Å². The highest BCUT2D eigenvalue weighted by atomic mass is 32.1. The molecule has 0 saturated carbocycles. The summed E-state index contributed by atoms with van der Waals surface area (Å²) in [6, 6.07) is 10.5. The van der Waals surface area contributed by atoms with Gasteiger partial charge in [0.15, 0.2) is 6.10 Å². The lowest BCUT2D eigenvalue weighted by Gasteiger charge is -2.09. The van der Waals surface area contributed by atoms with Gasteiger partial charge in [0, 0.05) is 0 Å². The van der Waals surface area contributed by atoms with Crippen LogP contribution in [0.25, 0.3) is 10.8 Å². The van der Waals surface area contributed by atoms with E-state index in [1.165, 1.54) is 11.3 Å². The summed E-state index contributed by atoms with van der Waals surface area (Å²) in [5, 5.41) is 9.83. The van der Waals surface area contributed by atoms with Crippen molar-refractivity contribution < 1.29 is 18.7 Å². The van der Waals surface area contributed by atoms with Crippen LogP contribution in [0.2, 0.25) is 0 Å². The van der Waals surface area contributed by atoms with E-state index in [2.05, 4.69) is 10.2 Å². The van der Waals surface area contributed by atoms with E-state index in [1.54, 1.807) is 38.3 Å². The molecule has 118 valence electrons. The van der Waals surface area contributed by atoms with Crippen LogP contribution in [0.4, 0.5) is 0 Å². The number of ether oxygens (including phenoxy) is 2. The molecule has 1 aromatic carbocycles. The number of esters is 1. The van der Waals surface area contributed by atoms with E-state index in [0.29, 0.717) is 17.2 Å². The number of hydrogen-bond acceptors (Lipinski definition) is 7. The average Bonchev–Trinajstić information content (AvgIpc) is 3.25. The molecule has 7 heteroatoms. The lowest BCUT2D eigenvalue weighted by Crippen LogP contribution is -2.09. The number of nitrogens with zero attached hydrogens (tertiary/aromatic N) is 2. The van der Waals surface area contributed by atoms with Gasteiger partial charge in [-0.05, 0) is 42.6 Å². The van der Waals surface area contributed by atoms with E-state index in [4.69, 9.17) is 13.9 Å². The zero-order valence-electron chi connectivity index (χ0n) is 12.6. The minimum atomic E-state index is -0.634. The zero-order valence-corrected chi connectivity index (χ0v) is 13.4. The van der Waals surface area contributed by atoms with E-state index in [9.17, 15) is 4.79 Å². The molecule has 0 spiro atoms. The SMILES string of the molecule is COc1ccc(C(=O)O[C@@H](C)c2nnc(-c3cccs3)o2)cc1. The first kappa shape index (κ1) is 15.2. The Morgan fingerprint density at radius 1 is 1.22 bits per heavy atom. The summed E-state index contributed by atoms with van der Waals surface area (Å²) in [6.07, 6.45) is -0.634. The molecule has 2 heterocycles. The minimum Gasteiger partial charge on any atom is -0.497 e. The van der Waals surface area contributed by atoms with Gasteiger partial charge in [0.1, 0.15) is 5.75 Å². The van der Waals surface area contributed by atoms with Crippen molar-refractivity contribution in [1.29, 1.82) is 0 Å². The van der Waals surface area contributed by atoms with Crippen molar-refractivity contribution in [3.05, 3.63) is 53.2 Å². The molecule has 0 amide bonds. The van der Waals surface area contributed by atoms with E-state index in [1.807, 2.05) is 17.5 Å². The zero-order chi connectivity index (χ0) is 16.2. The van der Waals surface area contributed by atoms with E-state index >= 15 is 0 Å². The number of carbonyl (C=O) groups is 1. The highest BCUT2D eigenvalue weighted by molar-refractivity contribution is 7.13. The lowest BCUT2D eigenvalue weighted by atomic mass is 10.2. The molecule has 6 nitrogen and oxygen atoms in total. The van der Waals surface area contributed by atoms with Crippen molar-refractivity contribution in [3.63, 3.8) is 0 Å². The molecule has 0 bridgehead atoms. The van der Waals surface area contributed by atoms with Crippen LogP contribution in [0.1, 0.15) is 29.3 Å².